The van der Waals surface area contributed by atoms with Crippen LogP contribution < -0.4 is 10.1 Å². The maximum Gasteiger partial charge on any atom is 0.328 e. The van der Waals surface area contributed by atoms with Gasteiger partial charge in [-0.1, -0.05) is 30.3 Å². The molecule has 0 fully saturated rings. The fourth-order valence-corrected chi connectivity index (χ4v) is 4.15. The van der Waals surface area contributed by atoms with Crippen LogP contribution in [0.1, 0.15) is 21.8 Å². The third-order valence-corrected chi connectivity index (χ3v) is 6.08. The Morgan fingerprint density at radius 1 is 1.18 bits per heavy atom. The molecule has 1 unspecified atom stereocenters. The maximum absolute atomic E-state index is 12.5. The molecule has 34 heavy (non-hydrogen) atoms. The number of aromatic nitrogens is 2. The number of esters is 1. The summed E-state index contributed by atoms with van der Waals surface area (Å²) >= 11 is 1.59. The molecule has 0 aliphatic heterocycles. The normalized spacial score (nSPS) is 12.1. The van der Waals surface area contributed by atoms with Gasteiger partial charge in [-0.2, -0.15) is 0 Å². The summed E-state index contributed by atoms with van der Waals surface area (Å²) in [6.07, 6.45) is 5.25. The summed E-state index contributed by atoms with van der Waals surface area (Å²) in [5.41, 5.74) is 3.63. The molecule has 2 N–H and O–H groups in total. The number of benzene rings is 2. The zero-order chi connectivity index (χ0) is 23.9. The average molecular weight is 476 g/mol. The highest BCUT2D eigenvalue weighted by atomic mass is 32.1. The van der Waals surface area contributed by atoms with E-state index in [1.807, 2.05) is 67.0 Å². The first-order chi connectivity index (χ1) is 16.5. The third kappa shape index (κ3) is 5.90. The monoisotopic (exact) mass is 475 g/mol. The maximum atomic E-state index is 12.5. The molecule has 0 spiro atoms. The van der Waals surface area contributed by atoms with Gasteiger partial charge in [-0.25, -0.2) is 9.78 Å². The number of hydrogen-bond acceptors (Lipinski definition) is 6. The minimum absolute atomic E-state index is 0.320. The van der Waals surface area contributed by atoms with Crippen molar-refractivity contribution >= 4 is 40.2 Å². The van der Waals surface area contributed by atoms with Crippen molar-refractivity contribution in [3.63, 3.8) is 0 Å². The van der Waals surface area contributed by atoms with Gasteiger partial charge in [-0.3, -0.25) is 4.79 Å². The molecule has 0 aliphatic rings. The van der Waals surface area contributed by atoms with E-state index in [1.54, 1.807) is 17.4 Å². The second-order valence-corrected chi connectivity index (χ2v) is 8.76. The van der Waals surface area contributed by atoms with Gasteiger partial charge in [0.1, 0.15) is 18.4 Å². The predicted octanol–water partition coefficient (Wildman–Crippen LogP) is 4.43. The van der Waals surface area contributed by atoms with Crippen LogP contribution in [0.3, 0.4) is 0 Å². The molecule has 0 radical (unpaired) electrons. The number of carbonyl (C=O) groups excluding carboxylic acids is 2. The molecule has 0 saturated carbocycles. The quantitative estimate of drug-likeness (QED) is 0.276. The van der Waals surface area contributed by atoms with E-state index in [0.717, 1.165) is 38.5 Å². The minimum atomic E-state index is -0.800. The molecule has 2 heterocycles. The molecule has 2 aromatic heterocycles. The van der Waals surface area contributed by atoms with E-state index in [0.29, 0.717) is 13.0 Å². The van der Waals surface area contributed by atoms with Crippen LogP contribution >= 0.6 is 11.3 Å². The summed E-state index contributed by atoms with van der Waals surface area (Å²) in [5.74, 6) is -0.157. The Labute approximate surface area is 201 Å². The second-order valence-electron chi connectivity index (χ2n) is 7.70. The van der Waals surface area contributed by atoms with E-state index >= 15 is 0 Å². The lowest BCUT2D eigenvalue weighted by Crippen LogP contribution is -2.42. The Morgan fingerprint density at radius 2 is 1.97 bits per heavy atom. The van der Waals surface area contributed by atoms with Crippen LogP contribution in [0.15, 0.2) is 66.2 Å². The van der Waals surface area contributed by atoms with E-state index in [4.69, 9.17) is 9.47 Å². The first-order valence-electron chi connectivity index (χ1n) is 10.8. The standard InChI is InChI=1S/C26H25N3O4S/c1-17-28-20(16-34-17)15-33-21-10-7-18(8-11-21)9-12-25(30)29-24(26(31)32-2)13-19-14-27-23-6-4-3-5-22(19)23/h3-12,14,16,24,27H,13,15H2,1-2H3,(H,29,30)/b12-9+. The van der Waals surface area contributed by atoms with Gasteiger partial charge in [-0.15, -0.1) is 11.3 Å². The van der Waals surface area contributed by atoms with Crippen LogP contribution in [-0.4, -0.2) is 35.0 Å². The van der Waals surface area contributed by atoms with Crippen molar-refractivity contribution in [2.24, 2.45) is 0 Å². The number of nitrogens with one attached hydrogen (secondary N) is 2. The molecule has 4 rings (SSSR count). The van der Waals surface area contributed by atoms with Crippen LogP contribution in [-0.2, 0) is 27.4 Å². The van der Waals surface area contributed by atoms with E-state index in [2.05, 4.69) is 15.3 Å². The topological polar surface area (TPSA) is 93.3 Å². The number of H-pyrrole nitrogens is 1. The average Bonchev–Trinajstić information content (AvgIpc) is 3.47. The van der Waals surface area contributed by atoms with Crippen LogP contribution in [0.5, 0.6) is 5.75 Å². The smallest absolute Gasteiger partial charge is 0.328 e. The molecule has 1 atom stereocenters. The van der Waals surface area contributed by atoms with Gasteiger partial charge >= 0.3 is 5.97 Å². The van der Waals surface area contributed by atoms with E-state index < -0.39 is 12.0 Å². The summed E-state index contributed by atoms with van der Waals surface area (Å²) in [6, 6.07) is 14.4. The van der Waals surface area contributed by atoms with E-state index in [-0.39, 0.29) is 5.91 Å². The molecule has 0 saturated heterocycles. The second kappa shape index (κ2) is 10.8. The number of methoxy groups -OCH3 is 1. The summed E-state index contributed by atoms with van der Waals surface area (Å²) in [4.78, 5) is 32.4. The Morgan fingerprint density at radius 3 is 2.71 bits per heavy atom. The van der Waals surface area contributed by atoms with Crippen LogP contribution in [0.25, 0.3) is 17.0 Å². The fourth-order valence-electron chi connectivity index (χ4n) is 3.55. The molecule has 4 aromatic rings. The number of amides is 1. The number of aryl methyl sites for hydroxylation is 1. The van der Waals surface area contributed by atoms with Gasteiger partial charge in [0.15, 0.2) is 0 Å². The van der Waals surface area contributed by atoms with Crippen molar-refractivity contribution in [3.8, 4) is 5.75 Å². The van der Waals surface area contributed by atoms with Crippen LogP contribution in [0.4, 0.5) is 0 Å². The first kappa shape index (κ1) is 23.3. The molecule has 2 aromatic carbocycles. The highest BCUT2D eigenvalue weighted by Crippen LogP contribution is 2.20. The lowest BCUT2D eigenvalue weighted by molar-refractivity contribution is -0.144. The SMILES string of the molecule is COC(=O)C(Cc1c[nH]c2ccccc12)NC(=O)/C=C/c1ccc(OCc2csc(C)n2)cc1. The van der Waals surface area contributed by atoms with Crippen molar-refractivity contribution in [1.29, 1.82) is 0 Å². The zero-order valence-electron chi connectivity index (χ0n) is 18.9. The Hall–Kier alpha value is -3.91. The molecule has 8 heteroatoms. The number of para-hydroxylation sites is 1. The van der Waals surface area contributed by atoms with Gasteiger partial charge in [0, 0.05) is 35.0 Å². The Bertz CT molecular complexity index is 1310. The number of ether oxygens (including phenoxy) is 2. The van der Waals surface area contributed by atoms with Gasteiger partial charge < -0.3 is 19.8 Å². The lowest BCUT2D eigenvalue weighted by Gasteiger charge is -2.15. The number of carbonyl (C=O) groups is 2. The molecule has 0 aliphatic carbocycles. The third-order valence-electron chi connectivity index (χ3n) is 5.26. The fraction of sp³-hybridized carbons (Fsp3) is 0.192. The number of thiazole rings is 1. The Balaban J connectivity index is 1.35. The minimum Gasteiger partial charge on any atom is -0.487 e. The van der Waals surface area contributed by atoms with Crippen molar-refractivity contribution < 1.29 is 19.1 Å². The summed E-state index contributed by atoms with van der Waals surface area (Å²) in [6.45, 7) is 2.37. The van der Waals surface area contributed by atoms with E-state index in [1.165, 1.54) is 13.2 Å². The molecule has 7 nitrogen and oxygen atoms in total. The highest BCUT2D eigenvalue weighted by molar-refractivity contribution is 7.09. The van der Waals surface area contributed by atoms with Crippen molar-refractivity contribution in [3.05, 3.63) is 88.0 Å². The number of rotatable bonds is 9. The predicted molar refractivity (Wildman–Crippen MR) is 133 cm³/mol. The largest absolute Gasteiger partial charge is 0.487 e. The number of nitrogens with zero attached hydrogens (tertiary/aromatic N) is 1. The van der Waals surface area contributed by atoms with Crippen molar-refractivity contribution in [2.45, 2.75) is 26.0 Å². The van der Waals surface area contributed by atoms with Gasteiger partial charge in [0.2, 0.25) is 5.91 Å². The van der Waals surface area contributed by atoms with Gasteiger partial charge in [-0.05, 0) is 42.3 Å². The molecule has 1 amide bonds. The summed E-state index contributed by atoms with van der Waals surface area (Å²) in [5, 5.41) is 6.74. The molecular formula is C26H25N3O4S. The number of hydrogen-bond donors (Lipinski definition) is 2. The van der Waals surface area contributed by atoms with Gasteiger partial charge in [0.05, 0.1) is 17.8 Å². The lowest BCUT2D eigenvalue weighted by atomic mass is 10.0. The van der Waals surface area contributed by atoms with Crippen LogP contribution in [0.2, 0.25) is 0 Å². The number of aromatic amines is 1. The Kier molecular flexibility index (Phi) is 7.39. The summed E-state index contributed by atoms with van der Waals surface area (Å²) in [7, 11) is 1.31. The van der Waals surface area contributed by atoms with Crippen molar-refractivity contribution in [2.75, 3.05) is 7.11 Å². The first-order valence-corrected chi connectivity index (χ1v) is 11.6. The van der Waals surface area contributed by atoms with Crippen LogP contribution in [0, 0.1) is 6.92 Å². The van der Waals surface area contributed by atoms with Crippen molar-refractivity contribution in [1.82, 2.24) is 15.3 Å². The van der Waals surface area contributed by atoms with E-state index in [9.17, 15) is 9.59 Å². The molecule has 0 bridgehead atoms. The zero-order valence-corrected chi connectivity index (χ0v) is 19.7. The highest BCUT2D eigenvalue weighted by Gasteiger charge is 2.22. The van der Waals surface area contributed by atoms with Gasteiger partial charge in [0.25, 0.3) is 0 Å². The number of fused-ring (bicyclic) bond motifs is 1. The summed E-state index contributed by atoms with van der Waals surface area (Å²) < 4.78 is 10.6. The molecule has 174 valence electrons. The molecular weight excluding hydrogens is 450 g/mol.